The Labute approximate surface area is 133 Å². The molecule has 1 saturated heterocycles. The van der Waals surface area contributed by atoms with Gasteiger partial charge in [-0.2, -0.15) is 0 Å². The maximum atomic E-state index is 5.88. The molecule has 2 atom stereocenters. The van der Waals surface area contributed by atoms with Crippen molar-refractivity contribution in [2.45, 2.75) is 26.8 Å². The molecule has 1 aliphatic heterocycles. The fourth-order valence-electron chi connectivity index (χ4n) is 3.61. The number of piperidine rings is 1. The van der Waals surface area contributed by atoms with E-state index in [-0.39, 0.29) is 0 Å². The molecule has 3 nitrogen and oxygen atoms in total. The number of hydrogen-bond acceptors (Lipinski definition) is 3. The number of nitrogen functional groups attached to an aromatic ring is 1. The maximum absolute atomic E-state index is 5.88. The molecule has 3 rings (SSSR count). The molecular weight excluding hydrogens is 270 g/mol. The zero-order valence-corrected chi connectivity index (χ0v) is 13.5. The Morgan fingerprint density at radius 1 is 1.14 bits per heavy atom. The van der Waals surface area contributed by atoms with Crippen LogP contribution in [-0.2, 0) is 6.54 Å². The molecule has 2 N–H and O–H groups in total. The van der Waals surface area contributed by atoms with Crippen LogP contribution in [0, 0.1) is 11.8 Å². The molecule has 2 aromatic rings. The van der Waals surface area contributed by atoms with Gasteiger partial charge in [0, 0.05) is 37.1 Å². The minimum absolute atomic E-state index is 0.781. The van der Waals surface area contributed by atoms with E-state index in [2.05, 4.69) is 41.9 Å². The van der Waals surface area contributed by atoms with Crippen LogP contribution in [0.2, 0.25) is 0 Å². The number of hydrogen-bond donors (Lipinski definition) is 1. The summed E-state index contributed by atoms with van der Waals surface area (Å²) < 4.78 is 0. The molecule has 1 aromatic carbocycles. The summed E-state index contributed by atoms with van der Waals surface area (Å²) >= 11 is 0. The molecule has 1 aromatic heterocycles. The van der Waals surface area contributed by atoms with Crippen LogP contribution in [0.5, 0.6) is 0 Å². The number of anilines is 1. The van der Waals surface area contributed by atoms with Gasteiger partial charge in [-0.3, -0.25) is 9.88 Å². The molecule has 0 saturated carbocycles. The van der Waals surface area contributed by atoms with Crippen molar-refractivity contribution in [1.82, 2.24) is 9.88 Å². The molecule has 0 amide bonds. The van der Waals surface area contributed by atoms with E-state index in [1.165, 1.54) is 25.1 Å². The van der Waals surface area contributed by atoms with Gasteiger partial charge in [0.1, 0.15) is 0 Å². The molecule has 3 heteroatoms. The van der Waals surface area contributed by atoms with Crippen LogP contribution < -0.4 is 5.73 Å². The highest BCUT2D eigenvalue weighted by Crippen LogP contribution is 2.24. The van der Waals surface area contributed by atoms with Crippen LogP contribution >= 0.6 is 0 Å². The van der Waals surface area contributed by atoms with Gasteiger partial charge in [-0.1, -0.05) is 26.0 Å². The predicted octanol–water partition coefficient (Wildman–Crippen LogP) is 3.81. The fourth-order valence-corrected chi connectivity index (χ4v) is 3.61. The van der Waals surface area contributed by atoms with Gasteiger partial charge in [-0.25, -0.2) is 0 Å². The molecular formula is C19H25N3. The first-order valence-electron chi connectivity index (χ1n) is 8.13. The van der Waals surface area contributed by atoms with E-state index in [1.807, 2.05) is 24.4 Å². The van der Waals surface area contributed by atoms with Crippen molar-refractivity contribution in [3.8, 4) is 11.3 Å². The third-order valence-electron chi connectivity index (χ3n) is 4.36. The van der Waals surface area contributed by atoms with Crippen LogP contribution in [0.3, 0.4) is 0 Å². The normalized spacial score (nSPS) is 22.6. The minimum atomic E-state index is 0.781. The Morgan fingerprint density at radius 3 is 2.64 bits per heavy atom. The highest BCUT2D eigenvalue weighted by molar-refractivity contribution is 5.64. The summed E-state index contributed by atoms with van der Waals surface area (Å²) in [5, 5.41) is 0. The third kappa shape index (κ3) is 3.66. The minimum Gasteiger partial charge on any atom is -0.399 e. The number of benzene rings is 1. The van der Waals surface area contributed by atoms with Crippen LogP contribution in [0.4, 0.5) is 5.69 Å². The Morgan fingerprint density at radius 2 is 1.91 bits per heavy atom. The summed E-state index contributed by atoms with van der Waals surface area (Å²) in [6, 6.07) is 12.2. The van der Waals surface area contributed by atoms with Crippen LogP contribution in [0.25, 0.3) is 11.3 Å². The summed E-state index contributed by atoms with van der Waals surface area (Å²) in [6.45, 7) is 8.11. The number of nitrogens with two attached hydrogens (primary N) is 1. The van der Waals surface area contributed by atoms with E-state index in [0.717, 1.165) is 35.3 Å². The average Bonchev–Trinajstić information content (AvgIpc) is 2.46. The van der Waals surface area contributed by atoms with Crippen molar-refractivity contribution in [2.24, 2.45) is 11.8 Å². The second-order valence-electron chi connectivity index (χ2n) is 6.81. The zero-order chi connectivity index (χ0) is 15.5. The van der Waals surface area contributed by atoms with Gasteiger partial charge >= 0.3 is 0 Å². The molecule has 116 valence electrons. The number of pyridine rings is 1. The molecule has 0 spiro atoms. The van der Waals surface area contributed by atoms with Crippen molar-refractivity contribution in [2.75, 3.05) is 18.8 Å². The molecule has 1 aliphatic rings. The Balaban J connectivity index is 1.77. The van der Waals surface area contributed by atoms with Crippen LogP contribution in [-0.4, -0.2) is 23.0 Å². The highest BCUT2D eigenvalue weighted by atomic mass is 15.1. The van der Waals surface area contributed by atoms with Crippen LogP contribution in [0.1, 0.15) is 25.8 Å². The van der Waals surface area contributed by atoms with Gasteiger partial charge in [-0.15, -0.1) is 0 Å². The highest BCUT2D eigenvalue weighted by Gasteiger charge is 2.21. The van der Waals surface area contributed by atoms with Gasteiger partial charge in [0.15, 0.2) is 0 Å². The second-order valence-corrected chi connectivity index (χ2v) is 6.81. The number of nitrogens with zero attached hydrogens (tertiary/aromatic N) is 2. The van der Waals surface area contributed by atoms with E-state index >= 15 is 0 Å². The summed E-state index contributed by atoms with van der Waals surface area (Å²) in [7, 11) is 0. The summed E-state index contributed by atoms with van der Waals surface area (Å²) in [4.78, 5) is 7.07. The Hall–Kier alpha value is -1.87. The second kappa shape index (κ2) is 6.49. The number of rotatable bonds is 3. The zero-order valence-electron chi connectivity index (χ0n) is 13.5. The predicted molar refractivity (Wildman–Crippen MR) is 92.3 cm³/mol. The number of likely N-dealkylation sites (tertiary alicyclic amines) is 1. The molecule has 22 heavy (non-hydrogen) atoms. The lowest BCUT2D eigenvalue weighted by molar-refractivity contribution is 0.134. The maximum Gasteiger partial charge on any atom is 0.0705 e. The standard InChI is InChI=1S/C19H25N3/c1-14-8-15(2)12-22(11-14)13-16-6-7-21-19(9-16)17-4-3-5-18(20)10-17/h3-7,9-10,14-15H,8,11-13,20H2,1-2H3. The van der Waals surface area contributed by atoms with E-state index in [9.17, 15) is 0 Å². The lowest BCUT2D eigenvalue weighted by Gasteiger charge is -2.35. The summed E-state index contributed by atoms with van der Waals surface area (Å²) in [6.07, 6.45) is 3.26. The van der Waals surface area contributed by atoms with Crippen molar-refractivity contribution in [1.29, 1.82) is 0 Å². The quantitative estimate of drug-likeness (QED) is 0.876. The number of aromatic nitrogens is 1. The van der Waals surface area contributed by atoms with E-state index in [1.54, 1.807) is 0 Å². The Kier molecular flexibility index (Phi) is 4.44. The topological polar surface area (TPSA) is 42.2 Å². The van der Waals surface area contributed by atoms with Crippen LogP contribution in [0.15, 0.2) is 42.6 Å². The average molecular weight is 295 g/mol. The van der Waals surface area contributed by atoms with Gasteiger partial charge < -0.3 is 5.73 Å². The first kappa shape index (κ1) is 15.0. The van der Waals surface area contributed by atoms with E-state index in [0.29, 0.717) is 0 Å². The monoisotopic (exact) mass is 295 g/mol. The van der Waals surface area contributed by atoms with Crippen molar-refractivity contribution in [3.63, 3.8) is 0 Å². The third-order valence-corrected chi connectivity index (χ3v) is 4.36. The van der Waals surface area contributed by atoms with Gasteiger partial charge in [0.25, 0.3) is 0 Å². The first-order valence-corrected chi connectivity index (χ1v) is 8.13. The molecule has 1 fully saturated rings. The van der Waals surface area contributed by atoms with Gasteiger partial charge in [0.2, 0.25) is 0 Å². The van der Waals surface area contributed by atoms with Crippen molar-refractivity contribution in [3.05, 3.63) is 48.2 Å². The van der Waals surface area contributed by atoms with Crippen molar-refractivity contribution >= 4 is 5.69 Å². The van der Waals surface area contributed by atoms with Gasteiger partial charge in [-0.05, 0) is 48.1 Å². The van der Waals surface area contributed by atoms with E-state index in [4.69, 9.17) is 5.73 Å². The SMILES string of the molecule is CC1CC(C)CN(Cc2ccnc(-c3cccc(N)c3)c2)C1. The first-order chi connectivity index (χ1) is 10.6. The van der Waals surface area contributed by atoms with E-state index < -0.39 is 0 Å². The summed E-state index contributed by atoms with van der Waals surface area (Å²) in [5.74, 6) is 1.58. The largest absolute Gasteiger partial charge is 0.399 e. The molecule has 0 aliphatic carbocycles. The summed E-state index contributed by atoms with van der Waals surface area (Å²) in [5.41, 5.74) is 10.1. The van der Waals surface area contributed by atoms with Crippen molar-refractivity contribution < 1.29 is 0 Å². The molecule has 0 radical (unpaired) electrons. The molecule has 0 bridgehead atoms. The Bertz CT molecular complexity index is 628. The van der Waals surface area contributed by atoms with Gasteiger partial charge in [0.05, 0.1) is 5.69 Å². The lowest BCUT2D eigenvalue weighted by Crippen LogP contribution is -2.38. The molecule has 2 unspecified atom stereocenters. The molecule has 2 heterocycles. The fraction of sp³-hybridized carbons (Fsp3) is 0.421. The lowest BCUT2D eigenvalue weighted by atomic mass is 9.91. The smallest absolute Gasteiger partial charge is 0.0705 e.